The molecule has 23 heavy (non-hydrogen) atoms. The number of carbonyl (C=O) groups is 1. The molecular weight excluding hydrogens is 378 g/mol. The summed E-state index contributed by atoms with van der Waals surface area (Å²) in [7, 11) is 1.58. The molecule has 2 aromatic rings. The van der Waals surface area contributed by atoms with Gasteiger partial charge < -0.3 is 10.1 Å². The van der Waals surface area contributed by atoms with E-state index >= 15 is 0 Å². The molecule has 0 fully saturated rings. The Labute approximate surface area is 150 Å². The zero-order valence-electron chi connectivity index (χ0n) is 13.5. The summed E-state index contributed by atoms with van der Waals surface area (Å²) in [6.45, 7) is 6.37. The van der Waals surface area contributed by atoms with Crippen LogP contribution < -0.4 is 10.1 Å². The van der Waals surface area contributed by atoms with Gasteiger partial charge in [-0.15, -0.1) is 0 Å². The van der Waals surface area contributed by atoms with E-state index in [0.717, 1.165) is 5.56 Å². The van der Waals surface area contributed by atoms with Crippen molar-refractivity contribution in [1.82, 2.24) is 0 Å². The van der Waals surface area contributed by atoms with Gasteiger partial charge in [-0.1, -0.05) is 38.4 Å². The van der Waals surface area contributed by atoms with Gasteiger partial charge in [-0.05, 0) is 57.2 Å². The third kappa shape index (κ3) is 4.27. The number of ether oxygens (including phenoxy) is 1. The van der Waals surface area contributed by atoms with Gasteiger partial charge in [0.05, 0.1) is 17.8 Å². The minimum Gasteiger partial charge on any atom is -0.495 e. The van der Waals surface area contributed by atoms with Crippen LogP contribution in [0.25, 0.3) is 0 Å². The smallest absolute Gasteiger partial charge is 0.255 e. The largest absolute Gasteiger partial charge is 0.495 e. The minimum absolute atomic E-state index is 0.0188. The van der Waals surface area contributed by atoms with Crippen LogP contribution in [0.4, 0.5) is 5.69 Å². The number of hydrogen-bond donors (Lipinski definition) is 1. The monoisotopic (exact) mass is 395 g/mol. The van der Waals surface area contributed by atoms with E-state index < -0.39 is 0 Å². The van der Waals surface area contributed by atoms with Crippen molar-refractivity contribution in [3.05, 3.63) is 57.0 Å². The van der Waals surface area contributed by atoms with Gasteiger partial charge in [0.1, 0.15) is 5.75 Å². The molecule has 0 aromatic heterocycles. The molecule has 0 atom stereocenters. The first-order valence-electron chi connectivity index (χ1n) is 7.17. The maximum atomic E-state index is 12.5. The standard InChI is InChI=1S/C18H19BrClNO2/c1-18(2,3)12-6-8-16(23-4)15(10-12)21-17(22)11-5-7-14(20)13(19)9-11/h5-10H,1-4H3,(H,21,22). The van der Waals surface area contributed by atoms with Gasteiger partial charge in [0.2, 0.25) is 0 Å². The summed E-state index contributed by atoms with van der Waals surface area (Å²) >= 11 is 9.29. The van der Waals surface area contributed by atoms with E-state index in [4.69, 9.17) is 16.3 Å². The van der Waals surface area contributed by atoms with E-state index in [1.54, 1.807) is 25.3 Å². The van der Waals surface area contributed by atoms with Crippen LogP contribution in [0.3, 0.4) is 0 Å². The lowest BCUT2D eigenvalue weighted by molar-refractivity contribution is 0.102. The maximum absolute atomic E-state index is 12.5. The van der Waals surface area contributed by atoms with E-state index in [0.29, 0.717) is 26.5 Å². The van der Waals surface area contributed by atoms with E-state index in [2.05, 4.69) is 42.0 Å². The molecule has 0 saturated heterocycles. The predicted octanol–water partition coefficient (Wildman–Crippen LogP) is 5.66. The van der Waals surface area contributed by atoms with Crippen molar-refractivity contribution in [1.29, 1.82) is 0 Å². The quantitative estimate of drug-likeness (QED) is 0.727. The van der Waals surface area contributed by atoms with Gasteiger partial charge in [0, 0.05) is 10.0 Å². The molecule has 0 spiro atoms. The van der Waals surface area contributed by atoms with Gasteiger partial charge >= 0.3 is 0 Å². The van der Waals surface area contributed by atoms with Crippen LogP contribution in [0.15, 0.2) is 40.9 Å². The Bertz CT molecular complexity index is 738. The van der Waals surface area contributed by atoms with Crippen LogP contribution in [-0.2, 0) is 5.41 Å². The highest BCUT2D eigenvalue weighted by Gasteiger charge is 2.17. The summed E-state index contributed by atoms with van der Waals surface area (Å²) < 4.78 is 6.03. The number of anilines is 1. The van der Waals surface area contributed by atoms with Gasteiger partial charge in [-0.25, -0.2) is 0 Å². The summed E-state index contributed by atoms with van der Waals surface area (Å²) in [4.78, 5) is 12.5. The molecule has 122 valence electrons. The lowest BCUT2D eigenvalue weighted by atomic mass is 9.87. The molecular formula is C18H19BrClNO2. The highest BCUT2D eigenvalue weighted by Crippen LogP contribution is 2.32. The summed E-state index contributed by atoms with van der Waals surface area (Å²) in [5, 5.41) is 3.47. The van der Waals surface area contributed by atoms with Crippen molar-refractivity contribution < 1.29 is 9.53 Å². The van der Waals surface area contributed by atoms with Crippen LogP contribution in [0.5, 0.6) is 5.75 Å². The molecule has 0 heterocycles. The lowest BCUT2D eigenvalue weighted by Crippen LogP contribution is -2.15. The van der Waals surface area contributed by atoms with Crippen molar-refractivity contribution >= 4 is 39.1 Å². The Morgan fingerprint density at radius 1 is 1.17 bits per heavy atom. The SMILES string of the molecule is COc1ccc(C(C)(C)C)cc1NC(=O)c1ccc(Cl)c(Br)c1. The van der Waals surface area contributed by atoms with Crippen molar-refractivity contribution in [3.63, 3.8) is 0 Å². The average molecular weight is 397 g/mol. The van der Waals surface area contributed by atoms with Crippen LogP contribution in [-0.4, -0.2) is 13.0 Å². The van der Waals surface area contributed by atoms with Gasteiger partial charge in [0.25, 0.3) is 5.91 Å². The number of benzene rings is 2. The highest BCUT2D eigenvalue weighted by atomic mass is 79.9. The van der Waals surface area contributed by atoms with Gasteiger partial charge in [-0.2, -0.15) is 0 Å². The zero-order valence-corrected chi connectivity index (χ0v) is 15.9. The van der Waals surface area contributed by atoms with Gasteiger partial charge in [-0.3, -0.25) is 4.79 Å². The number of amides is 1. The first kappa shape index (κ1) is 17.8. The second kappa shape index (κ2) is 6.93. The van der Waals surface area contributed by atoms with Crippen molar-refractivity contribution in [2.24, 2.45) is 0 Å². The Kier molecular flexibility index (Phi) is 5.37. The Hall–Kier alpha value is -1.52. The fourth-order valence-electron chi connectivity index (χ4n) is 2.10. The molecule has 0 radical (unpaired) electrons. The fourth-order valence-corrected chi connectivity index (χ4v) is 2.60. The molecule has 0 aliphatic rings. The van der Waals surface area contributed by atoms with Crippen molar-refractivity contribution in [3.8, 4) is 5.75 Å². The van der Waals surface area contributed by atoms with Crippen LogP contribution in [0, 0.1) is 0 Å². The summed E-state index contributed by atoms with van der Waals surface area (Å²) in [5.74, 6) is 0.408. The first-order chi connectivity index (χ1) is 10.7. The number of nitrogens with one attached hydrogen (secondary N) is 1. The number of carbonyl (C=O) groups excluding carboxylic acids is 1. The first-order valence-corrected chi connectivity index (χ1v) is 8.34. The molecule has 1 amide bonds. The van der Waals surface area contributed by atoms with Crippen molar-refractivity contribution in [2.75, 3.05) is 12.4 Å². The molecule has 1 N–H and O–H groups in total. The highest BCUT2D eigenvalue weighted by molar-refractivity contribution is 9.10. The predicted molar refractivity (Wildman–Crippen MR) is 98.8 cm³/mol. The van der Waals surface area contributed by atoms with Crippen LogP contribution in [0.1, 0.15) is 36.7 Å². The molecule has 5 heteroatoms. The normalized spacial score (nSPS) is 11.2. The molecule has 0 aliphatic carbocycles. The molecule has 0 unspecified atom stereocenters. The fraction of sp³-hybridized carbons (Fsp3) is 0.278. The number of hydrogen-bond acceptors (Lipinski definition) is 2. The van der Waals surface area contributed by atoms with E-state index in [1.165, 1.54) is 0 Å². The summed E-state index contributed by atoms with van der Waals surface area (Å²) in [6, 6.07) is 10.9. The number of methoxy groups -OCH3 is 1. The Balaban J connectivity index is 2.34. The zero-order chi connectivity index (χ0) is 17.2. The molecule has 2 rings (SSSR count). The number of rotatable bonds is 3. The van der Waals surface area contributed by atoms with E-state index in [9.17, 15) is 4.79 Å². The average Bonchev–Trinajstić information content (AvgIpc) is 2.49. The van der Waals surface area contributed by atoms with Crippen molar-refractivity contribution in [2.45, 2.75) is 26.2 Å². The van der Waals surface area contributed by atoms with Crippen LogP contribution >= 0.6 is 27.5 Å². The topological polar surface area (TPSA) is 38.3 Å². The lowest BCUT2D eigenvalue weighted by Gasteiger charge is -2.21. The Morgan fingerprint density at radius 2 is 1.87 bits per heavy atom. The second-order valence-electron chi connectivity index (χ2n) is 6.25. The summed E-state index contributed by atoms with van der Waals surface area (Å²) in [6.07, 6.45) is 0. The van der Waals surface area contributed by atoms with Crippen LogP contribution in [0.2, 0.25) is 5.02 Å². The molecule has 2 aromatic carbocycles. The maximum Gasteiger partial charge on any atom is 0.255 e. The minimum atomic E-state index is -0.216. The third-order valence-corrected chi connectivity index (χ3v) is 4.71. The Morgan fingerprint density at radius 3 is 2.43 bits per heavy atom. The summed E-state index contributed by atoms with van der Waals surface area (Å²) in [5.41, 5.74) is 2.26. The van der Waals surface area contributed by atoms with Gasteiger partial charge in [0.15, 0.2) is 0 Å². The second-order valence-corrected chi connectivity index (χ2v) is 7.51. The molecule has 0 saturated carbocycles. The number of halogens is 2. The van der Waals surface area contributed by atoms with E-state index in [1.807, 2.05) is 18.2 Å². The molecule has 0 aliphatic heterocycles. The third-order valence-electron chi connectivity index (χ3n) is 3.50. The molecule has 0 bridgehead atoms. The molecule has 3 nitrogen and oxygen atoms in total. The van der Waals surface area contributed by atoms with E-state index in [-0.39, 0.29) is 11.3 Å².